The van der Waals surface area contributed by atoms with Gasteiger partial charge in [-0.2, -0.15) is 0 Å². The van der Waals surface area contributed by atoms with Gasteiger partial charge in [-0.05, 0) is 50.2 Å². The first-order valence-corrected chi connectivity index (χ1v) is 10.2. The van der Waals surface area contributed by atoms with Gasteiger partial charge in [-0.15, -0.1) is 10.2 Å². The third kappa shape index (κ3) is 3.72. The van der Waals surface area contributed by atoms with Crippen molar-refractivity contribution in [2.24, 2.45) is 11.8 Å². The first-order chi connectivity index (χ1) is 12.7. The standard InChI is InChI=1S/C19H23N3O3S/c1-2-24-16-6-4-3-5-14(16)18-21-22-19(25-18)26-11-17(23)20-15-10-12-7-8-13(15)9-12/h3-6,12-13,15H,2,7-11H2,1H3,(H,20,23). The Bertz CT molecular complexity index is 779. The number of aromatic nitrogens is 2. The molecule has 1 heterocycles. The van der Waals surface area contributed by atoms with E-state index in [-0.39, 0.29) is 5.91 Å². The van der Waals surface area contributed by atoms with E-state index in [2.05, 4.69) is 15.5 Å². The van der Waals surface area contributed by atoms with Crippen LogP contribution in [0.2, 0.25) is 0 Å². The number of para-hydroxylation sites is 1. The molecule has 2 aliphatic rings. The minimum atomic E-state index is 0.0435. The smallest absolute Gasteiger partial charge is 0.277 e. The number of hydrogen-bond donors (Lipinski definition) is 1. The lowest BCUT2D eigenvalue weighted by molar-refractivity contribution is -0.119. The SMILES string of the molecule is CCOc1ccccc1-c1nnc(SCC(=O)NC2CC3CCC2C3)o1. The summed E-state index contributed by atoms with van der Waals surface area (Å²) in [5.74, 6) is 2.96. The normalized spacial score (nSPS) is 24.0. The molecule has 6 nitrogen and oxygen atoms in total. The van der Waals surface area contributed by atoms with E-state index in [9.17, 15) is 4.79 Å². The fourth-order valence-electron chi connectivity index (χ4n) is 4.10. The molecule has 0 aliphatic heterocycles. The predicted molar refractivity (Wildman–Crippen MR) is 99.0 cm³/mol. The second-order valence-electron chi connectivity index (χ2n) is 6.94. The lowest BCUT2D eigenvalue weighted by Crippen LogP contribution is -2.39. The number of nitrogens with one attached hydrogen (secondary N) is 1. The Morgan fingerprint density at radius 3 is 2.96 bits per heavy atom. The molecule has 2 fully saturated rings. The van der Waals surface area contributed by atoms with Crippen molar-refractivity contribution in [2.45, 2.75) is 43.9 Å². The van der Waals surface area contributed by atoms with Crippen LogP contribution in [0.5, 0.6) is 5.75 Å². The van der Waals surface area contributed by atoms with Crippen LogP contribution in [-0.2, 0) is 4.79 Å². The molecule has 0 spiro atoms. The molecule has 26 heavy (non-hydrogen) atoms. The van der Waals surface area contributed by atoms with E-state index >= 15 is 0 Å². The maximum absolute atomic E-state index is 12.2. The van der Waals surface area contributed by atoms with Crippen molar-refractivity contribution in [3.05, 3.63) is 24.3 Å². The average molecular weight is 373 g/mol. The Morgan fingerprint density at radius 2 is 2.19 bits per heavy atom. The second-order valence-corrected chi connectivity index (χ2v) is 7.87. The van der Waals surface area contributed by atoms with Crippen LogP contribution in [0.3, 0.4) is 0 Å². The molecule has 0 saturated heterocycles. The number of amides is 1. The van der Waals surface area contributed by atoms with Gasteiger partial charge in [0.15, 0.2) is 0 Å². The van der Waals surface area contributed by atoms with Crippen molar-refractivity contribution in [1.82, 2.24) is 15.5 Å². The van der Waals surface area contributed by atoms with Crippen molar-refractivity contribution in [3.8, 4) is 17.2 Å². The number of hydrogen-bond acceptors (Lipinski definition) is 6. The third-order valence-electron chi connectivity index (χ3n) is 5.23. The van der Waals surface area contributed by atoms with Crippen LogP contribution in [0.1, 0.15) is 32.6 Å². The number of carbonyl (C=O) groups is 1. The zero-order valence-electron chi connectivity index (χ0n) is 14.8. The minimum absolute atomic E-state index is 0.0435. The molecular weight excluding hydrogens is 350 g/mol. The fraction of sp³-hybridized carbons (Fsp3) is 0.526. The highest BCUT2D eigenvalue weighted by Crippen LogP contribution is 2.44. The number of carbonyl (C=O) groups excluding carboxylic acids is 1. The minimum Gasteiger partial charge on any atom is -0.493 e. The molecule has 3 atom stereocenters. The summed E-state index contributed by atoms with van der Waals surface area (Å²) in [6, 6.07) is 7.92. The summed E-state index contributed by atoms with van der Waals surface area (Å²) in [6.45, 7) is 2.50. The van der Waals surface area contributed by atoms with Crippen LogP contribution in [0, 0.1) is 11.8 Å². The van der Waals surface area contributed by atoms with E-state index in [1.165, 1.54) is 31.0 Å². The lowest BCUT2D eigenvalue weighted by atomic mass is 9.95. The van der Waals surface area contributed by atoms with E-state index in [4.69, 9.17) is 9.15 Å². The van der Waals surface area contributed by atoms with Gasteiger partial charge >= 0.3 is 0 Å². The zero-order chi connectivity index (χ0) is 17.9. The largest absolute Gasteiger partial charge is 0.493 e. The molecule has 2 saturated carbocycles. The van der Waals surface area contributed by atoms with Crippen molar-refractivity contribution in [1.29, 1.82) is 0 Å². The quantitative estimate of drug-likeness (QED) is 0.748. The first kappa shape index (κ1) is 17.4. The fourth-order valence-corrected chi connectivity index (χ4v) is 4.67. The number of ether oxygens (including phenoxy) is 1. The molecule has 0 radical (unpaired) electrons. The molecule has 1 N–H and O–H groups in total. The molecule has 4 rings (SSSR count). The Kier molecular flexibility index (Phi) is 5.15. The van der Waals surface area contributed by atoms with Crippen molar-refractivity contribution in [2.75, 3.05) is 12.4 Å². The highest BCUT2D eigenvalue weighted by atomic mass is 32.2. The van der Waals surface area contributed by atoms with Crippen LogP contribution in [0.4, 0.5) is 0 Å². The van der Waals surface area contributed by atoms with Crippen LogP contribution < -0.4 is 10.1 Å². The Balaban J connectivity index is 1.33. The summed E-state index contributed by atoms with van der Waals surface area (Å²) in [5.41, 5.74) is 0.764. The van der Waals surface area contributed by atoms with Gasteiger partial charge in [0.25, 0.3) is 11.1 Å². The molecule has 138 valence electrons. The summed E-state index contributed by atoms with van der Waals surface area (Å²) >= 11 is 1.27. The molecule has 1 amide bonds. The molecule has 1 aromatic heterocycles. The van der Waals surface area contributed by atoms with E-state index in [1.54, 1.807) is 0 Å². The van der Waals surface area contributed by atoms with E-state index in [1.807, 2.05) is 31.2 Å². The van der Waals surface area contributed by atoms with Crippen LogP contribution >= 0.6 is 11.8 Å². The van der Waals surface area contributed by atoms with Gasteiger partial charge in [0.1, 0.15) is 5.75 Å². The van der Waals surface area contributed by atoms with E-state index in [0.717, 1.165) is 17.9 Å². The molecule has 1 aromatic carbocycles. The van der Waals surface area contributed by atoms with Crippen LogP contribution in [-0.4, -0.2) is 34.5 Å². The van der Waals surface area contributed by atoms with Gasteiger partial charge in [-0.25, -0.2) is 0 Å². The zero-order valence-corrected chi connectivity index (χ0v) is 15.6. The van der Waals surface area contributed by atoms with Crippen molar-refractivity contribution in [3.63, 3.8) is 0 Å². The summed E-state index contributed by atoms with van der Waals surface area (Å²) in [4.78, 5) is 12.2. The average Bonchev–Trinajstić information content (AvgIpc) is 3.38. The summed E-state index contributed by atoms with van der Waals surface area (Å²) in [7, 11) is 0. The third-order valence-corrected chi connectivity index (χ3v) is 6.05. The van der Waals surface area contributed by atoms with Crippen LogP contribution in [0.25, 0.3) is 11.5 Å². The van der Waals surface area contributed by atoms with Gasteiger partial charge in [-0.3, -0.25) is 4.79 Å². The number of rotatable bonds is 7. The monoisotopic (exact) mass is 373 g/mol. The van der Waals surface area contributed by atoms with Crippen molar-refractivity contribution < 1.29 is 13.9 Å². The molecular formula is C19H23N3O3S. The first-order valence-electron chi connectivity index (χ1n) is 9.20. The van der Waals surface area contributed by atoms with Crippen LogP contribution in [0.15, 0.2) is 33.9 Å². The molecule has 2 bridgehead atoms. The summed E-state index contributed by atoms with van der Waals surface area (Å²) in [6.07, 6.45) is 5.01. The predicted octanol–water partition coefficient (Wildman–Crippen LogP) is 3.53. The van der Waals surface area contributed by atoms with Gasteiger partial charge in [0.2, 0.25) is 5.91 Å². The Labute approximate surface area is 157 Å². The van der Waals surface area contributed by atoms with E-state index in [0.29, 0.717) is 41.2 Å². The maximum Gasteiger partial charge on any atom is 0.277 e. The van der Waals surface area contributed by atoms with Gasteiger partial charge in [0.05, 0.1) is 17.9 Å². The number of benzene rings is 1. The molecule has 2 aromatic rings. The van der Waals surface area contributed by atoms with E-state index < -0.39 is 0 Å². The number of nitrogens with zero attached hydrogens (tertiary/aromatic N) is 2. The summed E-state index contributed by atoms with van der Waals surface area (Å²) in [5, 5.41) is 11.7. The van der Waals surface area contributed by atoms with Gasteiger partial charge < -0.3 is 14.5 Å². The van der Waals surface area contributed by atoms with Gasteiger partial charge in [-0.1, -0.05) is 30.3 Å². The Hall–Kier alpha value is -2.02. The highest BCUT2D eigenvalue weighted by molar-refractivity contribution is 7.99. The Morgan fingerprint density at radius 1 is 1.31 bits per heavy atom. The number of thioether (sulfide) groups is 1. The molecule has 3 unspecified atom stereocenters. The lowest BCUT2D eigenvalue weighted by Gasteiger charge is -2.22. The number of fused-ring (bicyclic) bond motifs is 2. The second kappa shape index (κ2) is 7.70. The van der Waals surface area contributed by atoms with Crippen molar-refractivity contribution >= 4 is 17.7 Å². The topological polar surface area (TPSA) is 77.2 Å². The molecule has 7 heteroatoms. The summed E-state index contributed by atoms with van der Waals surface area (Å²) < 4.78 is 11.3. The van der Waals surface area contributed by atoms with Gasteiger partial charge in [0, 0.05) is 6.04 Å². The molecule has 2 aliphatic carbocycles. The highest BCUT2D eigenvalue weighted by Gasteiger charge is 2.40. The maximum atomic E-state index is 12.2.